The van der Waals surface area contributed by atoms with Crippen LogP contribution in [0.5, 0.6) is 0 Å². The van der Waals surface area contributed by atoms with Gasteiger partial charge in [-0.25, -0.2) is 0 Å². The van der Waals surface area contributed by atoms with Crippen LogP contribution in [0.3, 0.4) is 0 Å². The maximum Gasteiger partial charge on any atom is 0.248 e. The molecule has 0 spiro atoms. The van der Waals surface area contributed by atoms with E-state index in [-0.39, 0.29) is 12.6 Å². The largest absolute Gasteiger partial charge is 0.419 e. The fraction of sp³-hybridized carbons (Fsp3) is 0.467. The van der Waals surface area contributed by atoms with Crippen LogP contribution in [0.4, 0.5) is 0 Å². The van der Waals surface area contributed by atoms with Crippen molar-refractivity contribution < 1.29 is 9.52 Å². The first-order valence-electron chi connectivity index (χ1n) is 6.84. The van der Waals surface area contributed by atoms with Crippen molar-refractivity contribution in [2.24, 2.45) is 5.92 Å². The maximum atomic E-state index is 9.26. The minimum absolute atomic E-state index is 0.0313. The number of aryl methyl sites for hydroxylation is 1. The predicted octanol–water partition coefficient (Wildman–Crippen LogP) is 2.15. The molecule has 1 aromatic carbocycles. The molecule has 0 aliphatic rings. The van der Waals surface area contributed by atoms with Crippen LogP contribution in [-0.4, -0.2) is 28.0 Å². The lowest BCUT2D eigenvalue weighted by Gasteiger charge is -2.18. The molecule has 1 aromatic heterocycles. The predicted molar refractivity (Wildman–Crippen MR) is 77.0 cm³/mol. The number of aliphatic hydroxyl groups is 1. The summed E-state index contributed by atoms with van der Waals surface area (Å²) in [7, 11) is 0. The van der Waals surface area contributed by atoms with Gasteiger partial charge in [0.1, 0.15) is 0 Å². The van der Waals surface area contributed by atoms with E-state index in [1.807, 2.05) is 31.2 Å². The lowest BCUT2D eigenvalue weighted by molar-refractivity contribution is 0.207. The number of nitrogens with one attached hydrogen (secondary N) is 1. The van der Waals surface area contributed by atoms with Crippen molar-refractivity contribution in [3.63, 3.8) is 0 Å². The molecule has 0 fully saturated rings. The smallest absolute Gasteiger partial charge is 0.248 e. The molecular weight excluding hydrogens is 254 g/mol. The molecular formula is C15H21N3O2. The fourth-order valence-electron chi connectivity index (χ4n) is 1.98. The third-order valence-corrected chi connectivity index (χ3v) is 3.36. The number of rotatable bonds is 6. The Morgan fingerprint density at radius 1 is 1.25 bits per heavy atom. The van der Waals surface area contributed by atoms with Gasteiger partial charge in [0, 0.05) is 11.6 Å². The van der Waals surface area contributed by atoms with Crippen LogP contribution < -0.4 is 5.32 Å². The zero-order valence-corrected chi connectivity index (χ0v) is 12.1. The van der Waals surface area contributed by atoms with Gasteiger partial charge < -0.3 is 14.8 Å². The lowest BCUT2D eigenvalue weighted by Crippen LogP contribution is -2.36. The Kier molecular flexibility index (Phi) is 4.87. The second-order valence-corrected chi connectivity index (χ2v) is 5.23. The van der Waals surface area contributed by atoms with E-state index < -0.39 is 0 Å². The Morgan fingerprint density at radius 3 is 2.65 bits per heavy atom. The quantitative estimate of drug-likeness (QED) is 0.845. The van der Waals surface area contributed by atoms with Crippen LogP contribution in [0, 0.1) is 12.8 Å². The highest BCUT2D eigenvalue weighted by Crippen LogP contribution is 2.21. The van der Waals surface area contributed by atoms with Crippen LogP contribution in [0.25, 0.3) is 11.5 Å². The normalized spacial score (nSPS) is 12.8. The van der Waals surface area contributed by atoms with Crippen LogP contribution in [-0.2, 0) is 6.54 Å². The summed E-state index contributed by atoms with van der Waals surface area (Å²) in [6, 6.07) is 7.93. The molecule has 5 heteroatoms. The molecule has 2 N–H and O–H groups in total. The Morgan fingerprint density at radius 2 is 2.00 bits per heavy atom. The molecule has 0 amide bonds. The van der Waals surface area contributed by atoms with E-state index in [0.717, 1.165) is 11.1 Å². The van der Waals surface area contributed by atoms with E-state index in [1.165, 1.54) is 0 Å². The minimum Gasteiger partial charge on any atom is -0.419 e. The third kappa shape index (κ3) is 3.43. The Bertz CT molecular complexity index is 552. The van der Waals surface area contributed by atoms with Gasteiger partial charge in [-0.2, -0.15) is 0 Å². The first-order chi connectivity index (χ1) is 9.61. The monoisotopic (exact) mass is 275 g/mol. The summed E-state index contributed by atoms with van der Waals surface area (Å²) in [4.78, 5) is 0. The van der Waals surface area contributed by atoms with Crippen LogP contribution in [0.15, 0.2) is 28.7 Å². The molecule has 0 saturated heterocycles. The van der Waals surface area contributed by atoms with Crippen molar-refractivity contribution in [3.8, 4) is 11.5 Å². The van der Waals surface area contributed by atoms with Crippen molar-refractivity contribution in [1.29, 1.82) is 0 Å². The molecule has 0 aliphatic carbocycles. The van der Waals surface area contributed by atoms with Crippen molar-refractivity contribution in [1.82, 2.24) is 15.5 Å². The molecule has 0 unspecified atom stereocenters. The summed E-state index contributed by atoms with van der Waals surface area (Å²) < 4.78 is 5.66. The first-order valence-corrected chi connectivity index (χ1v) is 6.84. The van der Waals surface area contributed by atoms with E-state index in [9.17, 15) is 5.11 Å². The molecule has 2 aromatic rings. The third-order valence-electron chi connectivity index (χ3n) is 3.36. The number of hydrogen-bond acceptors (Lipinski definition) is 5. The summed E-state index contributed by atoms with van der Waals surface area (Å²) in [5.74, 6) is 1.41. The first kappa shape index (κ1) is 14.7. The topological polar surface area (TPSA) is 71.2 Å². The summed E-state index contributed by atoms with van der Waals surface area (Å²) in [5, 5.41) is 20.6. The lowest BCUT2D eigenvalue weighted by atomic mass is 10.1. The van der Waals surface area contributed by atoms with Gasteiger partial charge in [0.15, 0.2) is 0 Å². The highest BCUT2D eigenvalue weighted by molar-refractivity contribution is 5.57. The highest BCUT2D eigenvalue weighted by Gasteiger charge is 2.14. The van der Waals surface area contributed by atoms with Gasteiger partial charge in [-0.3, -0.25) is 0 Å². The van der Waals surface area contributed by atoms with E-state index >= 15 is 0 Å². The molecule has 5 nitrogen and oxygen atoms in total. The standard InChI is InChI=1S/C15H21N3O2/c1-10(2)13(9-19)16-8-14-17-18-15(20-14)12-7-5-4-6-11(12)3/h4-7,10,13,16,19H,8-9H2,1-3H3/t13-/m1/s1. The van der Waals surface area contributed by atoms with E-state index in [4.69, 9.17) is 4.42 Å². The second-order valence-electron chi connectivity index (χ2n) is 5.23. The van der Waals surface area contributed by atoms with Crippen molar-refractivity contribution in [2.45, 2.75) is 33.4 Å². The van der Waals surface area contributed by atoms with E-state index in [1.54, 1.807) is 0 Å². The van der Waals surface area contributed by atoms with Gasteiger partial charge in [-0.15, -0.1) is 10.2 Å². The van der Waals surface area contributed by atoms with Gasteiger partial charge in [0.05, 0.1) is 13.2 Å². The number of aliphatic hydroxyl groups excluding tert-OH is 1. The molecule has 2 rings (SSSR count). The van der Waals surface area contributed by atoms with Gasteiger partial charge in [-0.05, 0) is 24.5 Å². The zero-order chi connectivity index (χ0) is 14.5. The Balaban J connectivity index is 2.05. The SMILES string of the molecule is Cc1ccccc1-c1nnc(CN[C@H](CO)C(C)C)o1. The molecule has 108 valence electrons. The average molecular weight is 275 g/mol. The van der Waals surface area contributed by atoms with Gasteiger partial charge in [0.2, 0.25) is 11.8 Å². The van der Waals surface area contributed by atoms with E-state index in [0.29, 0.717) is 24.2 Å². The van der Waals surface area contributed by atoms with Gasteiger partial charge in [0.25, 0.3) is 0 Å². The summed E-state index contributed by atoms with van der Waals surface area (Å²) in [5.41, 5.74) is 2.06. The molecule has 20 heavy (non-hydrogen) atoms. The highest BCUT2D eigenvalue weighted by atomic mass is 16.4. The maximum absolute atomic E-state index is 9.26. The van der Waals surface area contributed by atoms with Crippen molar-refractivity contribution in [2.75, 3.05) is 6.61 Å². The van der Waals surface area contributed by atoms with Crippen molar-refractivity contribution >= 4 is 0 Å². The Hall–Kier alpha value is -1.72. The molecule has 0 radical (unpaired) electrons. The summed E-state index contributed by atoms with van der Waals surface area (Å²) >= 11 is 0. The second kappa shape index (κ2) is 6.63. The van der Waals surface area contributed by atoms with Crippen LogP contribution in [0.1, 0.15) is 25.3 Å². The molecule has 0 aliphatic heterocycles. The Labute approximate surface area is 119 Å². The summed E-state index contributed by atoms with van der Waals surface area (Å²) in [6.45, 7) is 6.68. The molecule has 0 bridgehead atoms. The van der Waals surface area contributed by atoms with Gasteiger partial charge >= 0.3 is 0 Å². The molecule has 1 atom stereocenters. The van der Waals surface area contributed by atoms with Crippen LogP contribution in [0.2, 0.25) is 0 Å². The number of hydrogen-bond donors (Lipinski definition) is 2. The van der Waals surface area contributed by atoms with Gasteiger partial charge in [-0.1, -0.05) is 32.0 Å². The molecule has 1 heterocycles. The molecule has 0 saturated carbocycles. The van der Waals surface area contributed by atoms with Crippen LogP contribution >= 0.6 is 0 Å². The minimum atomic E-state index is 0.0313. The summed E-state index contributed by atoms with van der Waals surface area (Å²) in [6.07, 6.45) is 0. The van der Waals surface area contributed by atoms with Crippen molar-refractivity contribution in [3.05, 3.63) is 35.7 Å². The number of benzene rings is 1. The number of aromatic nitrogens is 2. The van der Waals surface area contributed by atoms with E-state index in [2.05, 4.69) is 29.4 Å². The fourth-order valence-corrected chi connectivity index (χ4v) is 1.98. The zero-order valence-electron chi connectivity index (χ0n) is 12.1. The number of nitrogens with zero attached hydrogens (tertiary/aromatic N) is 2. The average Bonchev–Trinajstić information content (AvgIpc) is 2.88.